The first-order valence-electron chi connectivity index (χ1n) is 9.42. The van der Waals surface area contributed by atoms with Gasteiger partial charge in [0.05, 0.1) is 41.2 Å². The van der Waals surface area contributed by atoms with E-state index in [1.165, 1.54) is 0 Å². The maximum atomic E-state index is 5.59. The minimum absolute atomic E-state index is 0.575. The SMILES string of the molecule is COc1cc(CN2C=Cc3cc(OC)c(OC)c4nccc2c34)cc(OC)c1OC. The van der Waals surface area contributed by atoms with Gasteiger partial charge in [-0.2, -0.15) is 0 Å². The van der Waals surface area contributed by atoms with Crippen LogP contribution in [-0.2, 0) is 6.54 Å². The lowest BCUT2D eigenvalue weighted by Crippen LogP contribution is -2.18. The molecular weight excluding hydrogens is 384 g/mol. The van der Waals surface area contributed by atoms with E-state index < -0.39 is 0 Å². The Morgan fingerprint density at radius 2 is 1.43 bits per heavy atom. The van der Waals surface area contributed by atoms with Crippen molar-refractivity contribution in [3.63, 3.8) is 0 Å². The molecule has 0 saturated heterocycles. The van der Waals surface area contributed by atoms with Crippen LogP contribution in [0.15, 0.2) is 36.7 Å². The average molecular weight is 408 g/mol. The summed E-state index contributed by atoms with van der Waals surface area (Å²) in [5, 5.41) is 1.02. The first-order chi connectivity index (χ1) is 14.6. The number of ether oxygens (including phenoxy) is 5. The van der Waals surface area contributed by atoms with E-state index in [2.05, 4.69) is 16.0 Å². The zero-order valence-corrected chi connectivity index (χ0v) is 17.7. The average Bonchev–Trinajstić information content (AvgIpc) is 2.79. The van der Waals surface area contributed by atoms with Crippen molar-refractivity contribution in [1.29, 1.82) is 0 Å². The normalized spacial score (nSPS) is 12.1. The van der Waals surface area contributed by atoms with E-state index in [0.29, 0.717) is 35.3 Å². The van der Waals surface area contributed by atoms with E-state index in [9.17, 15) is 0 Å². The van der Waals surface area contributed by atoms with Gasteiger partial charge in [-0.15, -0.1) is 0 Å². The molecule has 0 N–H and O–H groups in total. The fourth-order valence-corrected chi connectivity index (χ4v) is 3.84. The zero-order chi connectivity index (χ0) is 21.3. The standard InChI is InChI=1S/C23H24N2O5/c1-26-17-10-14(11-18(27-2)22(17)29-4)13-25-9-7-15-12-19(28-3)23(30-5)21-20(15)16(25)6-8-24-21/h6-12H,13H2,1-5H3. The summed E-state index contributed by atoms with van der Waals surface area (Å²) >= 11 is 0. The molecule has 2 aromatic carbocycles. The van der Waals surface area contributed by atoms with Gasteiger partial charge in [-0.1, -0.05) is 0 Å². The smallest absolute Gasteiger partial charge is 0.203 e. The Morgan fingerprint density at radius 3 is 2.03 bits per heavy atom. The summed E-state index contributed by atoms with van der Waals surface area (Å²) in [5.41, 5.74) is 3.85. The number of rotatable bonds is 7. The van der Waals surface area contributed by atoms with E-state index in [1.54, 1.807) is 41.7 Å². The highest BCUT2D eigenvalue weighted by atomic mass is 16.5. The van der Waals surface area contributed by atoms with Gasteiger partial charge in [-0.25, -0.2) is 0 Å². The molecule has 30 heavy (non-hydrogen) atoms. The van der Waals surface area contributed by atoms with Crippen molar-refractivity contribution in [2.45, 2.75) is 6.54 Å². The second-order valence-corrected chi connectivity index (χ2v) is 6.73. The molecule has 4 rings (SSSR count). The third kappa shape index (κ3) is 3.12. The summed E-state index contributed by atoms with van der Waals surface area (Å²) in [5.74, 6) is 3.11. The minimum Gasteiger partial charge on any atom is -0.493 e. The molecule has 2 heterocycles. The first-order valence-corrected chi connectivity index (χ1v) is 9.42. The van der Waals surface area contributed by atoms with Crippen LogP contribution in [0, 0.1) is 0 Å². The lowest BCUT2D eigenvalue weighted by atomic mass is 10.0. The van der Waals surface area contributed by atoms with E-state index in [1.807, 2.05) is 30.5 Å². The van der Waals surface area contributed by atoms with Crippen LogP contribution in [0.25, 0.3) is 17.0 Å². The number of aromatic nitrogens is 1. The van der Waals surface area contributed by atoms with E-state index in [4.69, 9.17) is 23.7 Å². The fraction of sp³-hybridized carbons (Fsp3) is 0.261. The molecule has 1 aliphatic rings. The molecule has 0 aliphatic carbocycles. The molecule has 0 atom stereocenters. The molecule has 0 bridgehead atoms. The largest absolute Gasteiger partial charge is 0.493 e. The summed E-state index contributed by atoms with van der Waals surface area (Å²) in [7, 11) is 8.08. The van der Waals surface area contributed by atoms with Crippen molar-refractivity contribution < 1.29 is 23.7 Å². The van der Waals surface area contributed by atoms with Crippen molar-refractivity contribution in [3.8, 4) is 28.7 Å². The maximum absolute atomic E-state index is 5.59. The van der Waals surface area contributed by atoms with Gasteiger partial charge >= 0.3 is 0 Å². The molecule has 0 spiro atoms. The predicted molar refractivity (Wildman–Crippen MR) is 116 cm³/mol. The van der Waals surface area contributed by atoms with Crippen LogP contribution in [0.5, 0.6) is 28.7 Å². The summed E-state index contributed by atoms with van der Waals surface area (Å²) < 4.78 is 27.5. The Morgan fingerprint density at radius 1 is 0.800 bits per heavy atom. The van der Waals surface area contributed by atoms with Gasteiger partial charge in [0, 0.05) is 24.3 Å². The van der Waals surface area contributed by atoms with Gasteiger partial charge in [0.25, 0.3) is 0 Å². The van der Waals surface area contributed by atoms with Crippen LogP contribution >= 0.6 is 0 Å². The van der Waals surface area contributed by atoms with Crippen molar-refractivity contribution in [1.82, 2.24) is 4.98 Å². The highest BCUT2D eigenvalue weighted by Gasteiger charge is 2.22. The van der Waals surface area contributed by atoms with Crippen LogP contribution in [0.2, 0.25) is 0 Å². The van der Waals surface area contributed by atoms with Gasteiger partial charge < -0.3 is 28.6 Å². The topological polar surface area (TPSA) is 62.3 Å². The summed E-state index contributed by atoms with van der Waals surface area (Å²) in [6, 6.07) is 7.88. The monoisotopic (exact) mass is 408 g/mol. The lowest BCUT2D eigenvalue weighted by Gasteiger charge is -2.27. The highest BCUT2D eigenvalue weighted by molar-refractivity contribution is 6.04. The van der Waals surface area contributed by atoms with Gasteiger partial charge in [-0.3, -0.25) is 4.98 Å². The number of anilines is 1. The maximum Gasteiger partial charge on any atom is 0.203 e. The number of benzene rings is 2. The number of hydrogen-bond acceptors (Lipinski definition) is 7. The highest BCUT2D eigenvalue weighted by Crippen LogP contribution is 2.44. The van der Waals surface area contributed by atoms with Crippen LogP contribution < -0.4 is 28.6 Å². The van der Waals surface area contributed by atoms with Crippen LogP contribution in [0.4, 0.5) is 5.69 Å². The molecule has 0 radical (unpaired) electrons. The zero-order valence-electron chi connectivity index (χ0n) is 17.7. The Bertz CT molecular complexity index is 1100. The summed E-state index contributed by atoms with van der Waals surface area (Å²) in [4.78, 5) is 6.72. The fourth-order valence-electron chi connectivity index (χ4n) is 3.84. The molecule has 1 aromatic heterocycles. The molecule has 0 amide bonds. The summed E-state index contributed by atoms with van der Waals surface area (Å²) in [6.07, 6.45) is 5.88. The predicted octanol–water partition coefficient (Wildman–Crippen LogP) is 4.27. The van der Waals surface area contributed by atoms with Gasteiger partial charge in [0.15, 0.2) is 23.0 Å². The number of pyridine rings is 1. The molecule has 7 heteroatoms. The van der Waals surface area contributed by atoms with Crippen molar-refractivity contribution in [2.24, 2.45) is 0 Å². The lowest BCUT2D eigenvalue weighted by molar-refractivity contribution is 0.324. The Balaban J connectivity index is 1.80. The van der Waals surface area contributed by atoms with Gasteiger partial charge in [0.1, 0.15) is 5.52 Å². The molecule has 7 nitrogen and oxygen atoms in total. The molecule has 1 aliphatic heterocycles. The van der Waals surface area contributed by atoms with Crippen LogP contribution in [0.3, 0.4) is 0 Å². The Labute approximate surface area is 175 Å². The van der Waals surface area contributed by atoms with Gasteiger partial charge in [-0.05, 0) is 41.5 Å². The third-order valence-corrected chi connectivity index (χ3v) is 5.19. The molecule has 0 saturated carbocycles. The third-order valence-electron chi connectivity index (χ3n) is 5.19. The van der Waals surface area contributed by atoms with E-state index in [0.717, 1.165) is 27.7 Å². The first kappa shape index (κ1) is 19.7. The molecule has 0 unspecified atom stereocenters. The van der Waals surface area contributed by atoms with Gasteiger partial charge in [0.2, 0.25) is 5.75 Å². The number of hydrogen-bond donors (Lipinski definition) is 0. The molecule has 156 valence electrons. The quantitative estimate of drug-likeness (QED) is 0.579. The Kier molecular flexibility index (Phi) is 5.27. The molecule has 0 fully saturated rings. The number of nitrogens with zero attached hydrogens (tertiary/aromatic N) is 2. The minimum atomic E-state index is 0.575. The summed E-state index contributed by atoms with van der Waals surface area (Å²) in [6.45, 7) is 0.611. The second-order valence-electron chi connectivity index (χ2n) is 6.73. The van der Waals surface area contributed by atoms with Crippen molar-refractivity contribution >= 4 is 22.7 Å². The van der Waals surface area contributed by atoms with Crippen molar-refractivity contribution in [3.05, 3.63) is 47.8 Å². The number of methoxy groups -OCH3 is 5. The molecule has 3 aromatic rings. The van der Waals surface area contributed by atoms with E-state index >= 15 is 0 Å². The molecular formula is C23H24N2O5. The Hall–Kier alpha value is -3.61. The van der Waals surface area contributed by atoms with E-state index in [-0.39, 0.29) is 0 Å². The second kappa shape index (κ2) is 8.02. The van der Waals surface area contributed by atoms with Crippen LogP contribution in [0.1, 0.15) is 11.1 Å². The van der Waals surface area contributed by atoms with Crippen molar-refractivity contribution in [2.75, 3.05) is 40.4 Å². The van der Waals surface area contributed by atoms with Crippen LogP contribution in [-0.4, -0.2) is 40.5 Å².